The molecule has 0 spiro atoms. The van der Waals surface area contributed by atoms with E-state index in [0.717, 1.165) is 40.8 Å². The van der Waals surface area contributed by atoms with Gasteiger partial charge in [0.2, 0.25) is 5.75 Å². The molecule has 13 nitrogen and oxygen atoms in total. The Morgan fingerprint density at radius 1 is 0.789 bits per heavy atom. The van der Waals surface area contributed by atoms with Crippen molar-refractivity contribution in [1.29, 1.82) is 0 Å². The second-order valence-electron chi connectivity index (χ2n) is 21.0. The van der Waals surface area contributed by atoms with Gasteiger partial charge in [-0.3, -0.25) is 10.5 Å². The van der Waals surface area contributed by atoms with Gasteiger partial charge in [0.1, 0.15) is 36.4 Å². The smallest absolute Gasteiger partial charge is 0.200 e. The molecular weight excluding hydrogens is 901 g/mol. The summed E-state index contributed by atoms with van der Waals surface area (Å²) in [5.41, 5.74) is 13.3. The van der Waals surface area contributed by atoms with Crippen LogP contribution in [0.4, 0.5) is 0 Å². The van der Waals surface area contributed by atoms with Crippen LogP contribution in [0.1, 0.15) is 102 Å². The van der Waals surface area contributed by atoms with Gasteiger partial charge in [-0.05, 0) is 175 Å². The number of hydrogen-bond acceptors (Lipinski definition) is 12. The molecule has 11 unspecified atom stereocenters. The van der Waals surface area contributed by atoms with E-state index in [1.165, 1.54) is 23.3 Å². The lowest BCUT2D eigenvalue weighted by atomic mass is 9.49. The Labute approximate surface area is 412 Å². The zero-order valence-corrected chi connectivity index (χ0v) is 39.5. The molecule has 11 atom stereocenters. The number of aryl methyl sites for hydroxylation is 1. The van der Waals surface area contributed by atoms with Crippen molar-refractivity contribution in [3.05, 3.63) is 142 Å². The number of aromatic nitrogens is 1. The first-order valence-electron chi connectivity index (χ1n) is 25.1. The minimum Gasteiger partial charge on any atom is -0.508 e. The topological polar surface area (TPSA) is 239 Å². The number of carbonyl (C=O) groups is 1. The lowest BCUT2D eigenvalue weighted by Gasteiger charge is -2.55. The summed E-state index contributed by atoms with van der Waals surface area (Å²) < 4.78 is 12.1. The van der Waals surface area contributed by atoms with Gasteiger partial charge in [-0.2, -0.15) is 0 Å². The lowest BCUT2D eigenvalue weighted by Crippen LogP contribution is -2.52. The van der Waals surface area contributed by atoms with E-state index in [2.05, 4.69) is 35.3 Å². The van der Waals surface area contributed by atoms with E-state index in [4.69, 9.17) is 15.2 Å². The van der Waals surface area contributed by atoms with Gasteiger partial charge < -0.3 is 55.3 Å². The summed E-state index contributed by atoms with van der Waals surface area (Å²) in [7, 11) is 0. The van der Waals surface area contributed by atoms with E-state index in [-0.39, 0.29) is 114 Å². The Kier molecular flexibility index (Phi) is 12.2. The number of aliphatic hydroxyl groups excluding tert-OH is 2. The highest BCUT2D eigenvalue weighted by atomic mass is 16.5. The number of Topliss-reactive ketones (excluding diaryl/α,β-unsaturated/α-hetero) is 1. The van der Waals surface area contributed by atoms with Crippen LogP contribution in [0.5, 0.6) is 46.0 Å². The number of ketones is 1. The van der Waals surface area contributed by atoms with Crippen molar-refractivity contribution >= 4 is 5.78 Å². The number of carbonyl (C=O) groups excluding carboxylic acids is 1. The number of benzene rings is 5. The minimum absolute atomic E-state index is 0.00710. The number of fused-ring (bicyclic) bond motifs is 8. The summed E-state index contributed by atoms with van der Waals surface area (Å²) in [6.07, 6.45) is 5.42. The molecule has 0 aliphatic heterocycles. The van der Waals surface area contributed by atoms with Crippen molar-refractivity contribution in [3.8, 4) is 57.3 Å². The first kappa shape index (κ1) is 46.7. The van der Waals surface area contributed by atoms with Crippen LogP contribution in [0.2, 0.25) is 0 Å². The largest absolute Gasteiger partial charge is 0.508 e. The molecule has 3 fully saturated rings. The molecule has 0 amide bonds. The first-order valence-corrected chi connectivity index (χ1v) is 25.1. The molecule has 0 radical (unpaired) electrons. The van der Waals surface area contributed by atoms with Gasteiger partial charge in [-0.15, -0.1) is 0 Å². The predicted molar refractivity (Wildman–Crippen MR) is 265 cm³/mol. The van der Waals surface area contributed by atoms with Gasteiger partial charge in [-0.25, -0.2) is 0 Å². The molecule has 1 heterocycles. The zero-order valence-electron chi connectivity index (χ0n) is 39.5. The van der Waals surface area contributed by atoms with Crippen LogP contribution in [0.25, 0.3) is 11.3 Å². The third-order valence-corrected chi connectivity index (χ3v) is 17.5. The highest BCUT2D eigenvalue weighted by Gasteiger charge is 2.65. The van der Waals surface area contributed by atoms with E-state index in [1.807, 2.05) is 12.3 Å². The molecule has 12 rings (SSSR count). The number of H-pyrrole nitrogens is 1. The second kappa shape index (κ2) is 18.5. The summed E-state index contributed by atoms with van der Waals surface area (Å²) in [4.78, 5) is 18.6. The van der Waals surface area contributed by atoms with E-state index >= 15 is 4.79 Å². The number of aromatic hydroxyl groups is 6. The van der Waals surface area contributed by atoms with Gasteiger partial charge in [0, 0.05) is 53.4 Å². The lowest BCUT2D eigenvalue weighted by molar-refractivity contribution is -0.136. The van der Waals surface area contributed by atoms with Crippen molar-refractivity contribution in [3.63, 3.8) is 0 Å². The summed E-state index contributed by atoms with van der Waals surface area (Å²) in [6, 6.07) is 28.7. The maximum absolute atomic E-state index is 15.0. The number of nitrogens with one attached hydrogen (secondary N) is 1. The quantitative estimate of drug-likeness (QED) is 0.0364. The van der Waals surface area contributed by atoms with E-state index in [1.54, 1.807) is 48.5 Å². The number of hydrogen-bond donors (Lipinski definition) is 10. The van der Waals surface area contributed by atoms with Crippen molar-refractivity contribution in [2.45, 2.75) is 93.7 Å². The van der Waals surface area contributed by atoms with Gasteiger partial charge in [-0.1, -0.05) is 48.5 Å². The second-order valence-corrected chi connectivity index (χ2v) is 21.0. The SMILES string of the molecule is NCOc1cc(CCC(=O)C2CC(Cc3ccc(O)cc3O)C3CC4CC(C56CC(CCO)CC5c5cc[nH]c5-c5ccccc56)C(c5cc(O)c(O)c(OCc6cccc(O)c6)c54)C3C2O)ccc1O. The number of nitrogens with two attached hydrogens (primary N) is 1. The number of phenols is 6. The molecule has 1 aromatic heterocycles. The molecule has 11 N–H and O–H groups in total. The molecule has 0 saturated heterocycles. The molecule has 3 saturated carbocycles. The standard InChI is InChI=1S/C58H62N2O11/c59-29-71-50-20-30(9-13-47(50)65)8-12-46(64)41-22-34(21-33-10-11-37(63)25-48(33)66)40-23-35-24-45(58-27-31(15-17-61)19-44(58)39-14-16-60-54(39)38-6-1-2-7-43(38)58)52(53(40)55(41)68)42-26-49(67)56(69)57(51(35)42)70-28-32-4-3-5-36(62)18-32/h1-7,9-11,13-14,16,18,20,25-26,31,34-35,40-41,44-45,52-53,55,60-63,65-69H,8,12,15,17,19,21-24,27-29,59H2. The molecule has 6 aliphatic carbocycles. The molecular formula is C58H62N2O11. The van der Waals surface area contributed by atoms with Crippen LogP contribution >= 0.6 is 0 Å². The molecule has 6 aliphatic rings. The number of aliphatic hydroxyl groups is 2. The van der Waals surface area contributed by atoms with Crippen molar-refractivity contribution < 1.29 is 55.1 Å². The summed E-state index contributed by atoms with van der Waals surface area (Å²) >= 11 is 0. The number of ether oxygens (including phenoxy) is 2. The maximum Gasteiger partial charge on any atom is 0.200 e. The summed E-state index contributed by atoms with van der Waals surface area (Å²) in [6.45, 7) is -0.0967. The number of aromatic amines is 1. The van der Waals surface area contributed by atoms with Gasteiger partial charge in [0.15, 0.2) is 23.0 Å². The normalized spacial score (nSPS) is 27.9. The van der Waals surface area contributed by atoms with E-state index in [9.17, 15) is 40.9 Å². The van der Waals surface area contributed by atoms with Crippen LogP contribution < -0.4 is 15.2 Å². The Balaban J connectivity index is 1.09. The molecule has 2 bridgehead atoms. The van der Waals surface area contributed by atoms with Gasteiger partial charge >= 0.3 is 0 Å². The molecule has 370 valence electrons. The summed E-state index contributed by atoms with van der Waals surface area (Å²) in [5.74, 6) is -3.14. The van der Waals surface area contributed by atoms with E-state index < -0.39 is 29.3 Å². The fraction of sp³-hybridized carbons (Fsp3) is 0.397. The third kappa shape index (κ3) is 7.93. The van der Waals surface area contributed by atoms with Crippen molar-refractivity contribution in [2.75, 3.05) is 13.3 Å². The Hall–Kier alpha value is -6.67. The minimum atomic E-state index is -1.14. The number of phenolic OH excluding ortho intramolecular Hbond substituents is 6. The highest BCUT2D eigenvalue weighted by Crippen LogP contribution is 2.73. The predicted octanol–water partition coefficient (Wildman–Crippen LogP) is 8.88. The Morgan fingerprint density at radius 2 is 1.62 bits per heavy atom. The fourth-order valence-electron chi connectivity index (χ4n) is 14.9. The van der Waals surface area contributed by atoms with Crippen molar-refractivity contribution in [1.82, 2.24) is 4.98 Å². The average Bonchev–Trinajstić information content (AvgIpc) is 3.93. The van der Waals surface area contributed by atoms with Crippen LogP contribution in [0, 0.1) is 35.5 Å². The molecule has 5 aromatic carbocycles. The fourth-order valence-corrected chi connectivity index (χ4v) is 14.9. The van der Waals surface area contributed by atoms with Crippen LogP contribution in [-0.2, 0) is 29.7 Å². The van der Waals surface area contributed by atoms with Gasteiger partial charge in [0.25, 0.3) is 0 Å². The Morgan fingerprint density at radius 3 is 2.42 bits per heavy atom. The monoisotopic (exact) mass is 962 g/mol. The van der Waals surface area contributed by atoms with Crippen LogP contribution in [-0.4, -0.2) is 71.1 Å². The third-order valence-electron chi connectivity index (χ3n) is 17.5. The van der Waals surface area contributed by atoms with Crippen molar-refractivity contribution in [2.24, 2.45) is 41.2 Å². The highest BCUT2D eigenvalue weighted by molar-refractivity contribution is 5.82. The maximum atomic E-state index is 15.0. The summed E-state index contributed by atoms with van der Waals surface area (Å²) in [5, 5.41) is 90.2. The molecule has 6 aromatic rings. The zero-order chi connectivity index (χ0) is 49.3. The van der Waals surface area contributed by atoms with Crippen LogP contribution in [0.15, 0.2) is 103 Å². The van der Waals surface area contributed by atoms with Crippen LogP contribution in [0.3, 0.4) is 0 Å². The number of rotatable bonds is 14. The Bertz CT molecular complexity index is 2990. The van der Waals surface area contributed by atoms with Gasteiger partial charge in [0.05, 0.1) is 6.10 Å². The molecule has 13 heteroatoms. The molecule has 71 heavy (non-hydrogen) atoms. The average molecular weight is 963 g/mol. The van der Waals surface area contributed by atoms with E-state index in [0.29, 0.717) is 49.7 Å². The first-order chi connectivity index (χ1) is 34.4.